The van der Waals surface area contributed by atoms with Gasteiger partial charge in [-0.15, -0.1) is 0 Å². The summed E-state index contributed by atoms with van der Waals surface area (Å²) in [5.41, 5.74) is -0.458. The van der Waals surface area contributed by atoms with Gasteiger partial charge >= 0.3 is 5.97 Å². The average molecular weight is 229 g/mol. The van der Waals surface area contributed by atoms with Crippen molar-refractivity contribution in [2.24, 2.45) is 17.3 Å². The average Bonchev–Trinajstić information content (AvgIpc) is 2.68. The molecule has 5 nitrogen and oxygen atoms in total. The van der Waals surface area contributed by atoms with E-state index in [1.807, 2.05) is 0 Å². The molecule has 3 N–H and O–H groups in total. The van der Waals surface area contributed by atoms with Crippen molar-refractivity contribution in [2.45, 2.75) is 33.3 Å². The van der Waals surface area contributed by atoms with Crippen molar-refractivity contribution < 1.29 is 19.8 Å². The maximum Gasteiger partial charge on any atom is 0.307 e. The van der Waals surface area contributed by atoms with Crippen LogP contribution in [0.3, 0.4) is 0 Å². The number of carboxylic acid groups (broad SMARTS) is 1. The summed E-state index contributed by atoms with van der Waals surface area (Å²) in [6.07, 6.45) is 0.0270. The highest BCUT2D eigenvalue weighted by molar-refractivity contribution is 5.91. The maximum absolute atomic E-state index is 11.7. The predicted molar refractivity (Wildman–Crippen MR) is 57.7 cm³/mol. The van der Waals surface area contributed by atoms with Gasteiger partial charge in [-0.3, -0.25) is 9.59 Å². The van der Waals surface area contributed by atoms with E-state index in [0.29, 0.717) is 13.0 Å². The molecular formula is C11H19NO4. The van der Waals surface area contributed by atoms with Crippen LogP contribution in [-0.2, 0) is 9.59 Å². The second-order valence-corrected chi connectivity index (χ2v) is 5.04. The predicted octanol–water partition coefficient (Wildman–Crippen LogP) is 0.230. The molecule has 3 atom stereocenters. The molecule has 5 heteroatoms. The third kappa shape index (κ3) is 2.52. The summed E-state index contributed by atoms with van der Waals surface area (Å²) in [5, 5.41) is 20.6. The Hall–Kier alpha value is -1.10. The van der Waals surface area contributed by atoms with E-state index < -0.39 is 29.3 Å². The highest BCUT2D eigenvalue weighted by Crippen LogP contribution is 2.58. The molecule has 0 spiro atoms. The first-order valence-corrected chi connectivity index (χ1v) is 5.47. The number of carbonyl (C=O) groups excluding carboxylic acids is 1. The number of hydrogen-bond acceptors (Lipinski definition) is 3. The summed E-state index contributed by atoms with van der Waals surface area (Å²) in [6.45, 7) is 5.60. The summed E-state index contributed by atoms with van der Waals surface area (Å²) < 4.78 is 0. The van der Waals surface area contributed by atoms with Crippen molar-refractivity contribution in [1.29, 1.82) is 0 Å². The lowest BCUT2D eigenvalue weighted by atomic mass is 10.1. The highest BCUT2D eigenvalue weighted by Gasteiger charge is 2.65. The van der Waals surface area contributed by atoms with Crippen molar-refractivity contribution in [3.8, 4) is 0 Å². The fourth-order valence-corrected chi connectivity index (χ4v) is 2.10. The smallest absolute Gasteiger partial charge is 0.307 e. The zero-order valence-electron chi connectivity index (χ0n) is 9.86. The third-order valence-corrected chi connectivity index (χ3v) is 3.24. The van der Waals surface area contributed by atoms with Gasteiger partial charge in [-0.05, 0) is 18.8 Å². The van der Waals surface area contributed by atoms with E-state index in [1.165, 1.54) is 0 Å². The van der Waals surface area contributed by atoms with Crippen LogP contribution < -0.4 is 5.32 Å². The molecular weight excluding hydrogens is 210 g/mol. The zero-order valence-corrected chi connectivity index (χ0v) is 9.86. The number of aliphatic carboxylic acids is 1. The van der Waals surface area contributed by atoms with Crippen LogP contribution in [0.2, 0.25) is 0 Å². The van der Waals surface area contributed by atoms with Crippen molar-refractivity contribution in [1.82, 2.24) is 5.32 Å². The van der Waals surface area contributed by atoms with Crippen molar-refractivity contribution >= 4 is 11.9 Å². The van der Waals surface area contributed by atoms with Gasteiger partial charge in [-0.25, -0.2) is 0 Å². The van der Waals surface area contributed by atoms with Crippen LogP contribution in [0.5, 0.6) is 0 Å². The van der Waals surface area contributed by atoms with Gasteiger partial charge < -0.3 is 15.5 Å². The molecule has 0 aromatic carbocycles. The van der Waals surface area contributed by atoms with Gasteiger partial charge in [0.2, 0.25) is 5.91 Å². The molecule has 1 rings (SSSR count). The van der Waals surface area contributed by atoms with Gasteiger partial charge in [0.1, 0.15) is 0 Å². The molecule has 92 valence electrons. The summed E-state index contributed by atoms with van der Waals surface area (Å²) in [7, 11) is 0. The molecule has 0 heterocycles. The first-order chi connectivity index (χ1) is 7.28. The Morgan fingerprint density at radius 1 is 1.38 bits per heavy atom. The van der Waals surface area contributed by atoms with Crippen LogP contribution >= 0.6 is 0 Å². The van der Waals surface area contributed by atoms with Crippen LogP contribution in [0.15, 0.2) is 0 Å². The Labute approximate surface area is 94.8 Å². The van der Waals surface area contributed by atoms with Gasteiger partial charge in [0, 0.05) is 6.54 Å². The Morgan fingerprint density at radius 2 is 1.94 bits per heavy atom. The SMILES string of the molecule is CC(O)CCNC(=O)[C@H]1[C@@H](C(=O)O)C1(C)C. The third-order valence-electron chi connectivity index (χ3n) is 3.24. The minimum absolute atomic E-state index is 0.224. The molecule has 1 unspecified atom stereocenters. The summed E-state index contributed by atoms with van der Waals surface area (Å²) >= 11 is 0. The number of carbonyl (C=O) groups is 2. The number of aliphatic hydroxyl groups excluding tert-OH is 1. The number of amides is 1. The highest BCUT2D eigenvalue weighted by atomic mass is 16.4. The molecule has 16 heavy (non-hydrogen) atoms. The largest absolute Gasteiger partial charge is 0.481 e. The number of aliphatic hydroxyl groups is 1. The quantitative estimate of drug-likeness (QED) is 0.630. The van der Waals surface area contributed by atoms with Crippen LogP contribution in [0.25, 0.3) is 0 Å². The number of rotatable bonds is 5. The fraction of sp³-hybridized carbons (Fsp3) is 0.818. The fourth-order valence-electron chi connectivity index (χ4n) is 2.10. The monoisotopic (exact) mass is 229 g/mol. The topological polar surface area (TPSA) is 86.6 Å². The van der Waals surface area contributed by atoms with Gasteiger partial charge in [-0.1, -0.05) is 13.8 Å². The molecule has 0 aromatic heterocycles. The zero-order chi connectivity index (χ0) is 12.5. The molecule has 1 aliphatic carbocycles. The van der Waals surface area contributed by atoms with Gasteiger partial charge in [0.15, 0.2) is 0 Å². The van der Waals surface area contributed by atoms with Gasteiger partial charge in [0.05, 0.1) is 17.9 Å². The maximum atomic E-state index is 11.7. The Kier molecular flexibility index (Phi) is 3.57. The molecule has 0 bridgehead atoms. The molecule has 0 saturated heterocycles. The molecule has 1 amide bonds. The molecule has 1 fully saturated rings. The second-order valence-electron chi connectivity index (χ2n) is 5.04. The van der Waals surface area contributed by atoms with Crippen molar-refractivity contribution in [2.75, 3.05) is 6.54 Å². The van der Waals surface area contributed by atoms with E-state index in [4.69, 9.17) is 10.2 Å². The Balaban J connectivity index is 2.42. The first kappa shape index (κ1) is 13.0. The Bertz CT molecular complexity index is 298. The van der Waals surface area contributed by atoms with E-state index in [2.05, 4.69) is 5.32 Å². The van der Waals surface area contributed by atoms with Crippen molar-refractivity contribution in [3.63, 3.8) is 0 Å². The molecule has 0 aliphatic heterocycles. The lowest BCUT2D eigenvalue weighted by Crippen LogP contribution is -2.29. The summed E-state index contributed by atoms with van der Waals surface area (Å²) in [5.74, 6) is -2.17. The van der Waals surface area contributed by atoms with E-state index in [1.54, 1.807) is 20.8 Å². The number of hydrogen-bond donors (Lipinski definition) is 3. The van der Waals surface area contributed by atoms with Crippen molar-refractivity contribution in [3.05, 3.63) is 0 Å². The summed E-state index contributed by atoms with van der Waals surface area (Å²) in [6, 6.07) is 0. The lowest BCUT2D eigenvalue weighted by molar-refractivity contribution is -0.140. The normalized spacial score (nSPS) is 28.2. The minimum Gasteiger partial charge on any atom is -0.481 e. The Morgan fingerprint density at radius 3 is 2.31 bits per heavy atom. The number of carboxylic acids is 1. The van der Waals surface area contributed by atoms with E-state index in [0.717, 1.165) is 0 Å². The lowest BCUT2D eigenvalue weighted by Gasteiger charge is -2.07. The minimum atomic E-state index is -0.916. The molecule has 0 aromatic rings. The van der Waals surface area contributed by atoms with Crippen LogP contribution in [0.4, 0.5) is 0 Å². The molecule has 1 aliphatic rings. The van der Waals surface area contributed by atoms with E-state index in [9.17, 15) is 9.59 Å². The van der Waals surface area contributed by atoms with E-state index >= 15 is 0 Å². The van der Waals surface area contributed by atoms with Crippen LogP contribution in [-0.4, -0.2) is 34.7 Å². The number of nitrogens with one attached hydrogen (secondary N) is 1. The summed E-state index contributed by atoms with van der Waals surface area (Å²) in [4.78, 5) is 22.5. The van der Waals surface area contributed by atoms with Crippen LogP contribution in [0, 0.1) is 17.3 Å². The second kappa shape index (κ2) is 4.41. The standard InChI is InChI=1S/C11H19NO4/c1-6(13)4-5-12-9(14)7-8(10(15)16)11(7,2)3/h6-8,13H,4-5H2,1-3H3,(H,12,14)(H,15,16)/t6?,7-,8+/m1/s1. The molecule has 0 radical (unpaired) electrons. The van der Waals surface area contributed by atoms with Crippen LogP contribution in [0.1, 0.15) is 27.2 Å². The van der Waals surface area contributed by atoms with Gasteiger partial charge in [0.25, 0.3) is 0 Å². The molecule has 1 saturated carbocycles. The van der Waals surface area contributed by atoms with Gasteiger partial charge in [-0.2, -0.15) is 0 Å². The first-order valence-electron chi connectivity index (χ1n) is 5.47. The van der Waals surface area contributed by atoms with E-state index in [-0.39, 0.29) is 5.91 Å².